The predicted octanol–water partition coefficient (Wildman–Crippen LogP) is 3.80. The average molecular weight is 256 g/mol. The number of aryl methyl sites for hydroxylation is 1. The van der Waals surface area contributed by atoms with E-state index in [1.165, 1.54) is 11.1 Å². The van der Waals surface area contributed by atoms with Crippen molar-refractivity contribution in [1.29, 1.82) is 0 Å². The van der Waals surface area contributed by atoms with E-state index in [-0.39, 0.29) is 11.5 Å². The summed E-state index contributed by atoms with van der Waals surface area (Å²) in [5.74, 6) is 0. The summed E-state index contributed by atoms with van der Waals surface area (Å²) in [7, 11) is 0. The Labute approximate surface area is 94.8 Å². The maximum atomic E-state index is 6.17. The molecule has 14 heavy (non-hydrogen) atoms. The molecule has 0 saturated carbocycles. The van der Waals surface area contributed by atoms with E-state index in [1.54, 1.807) is 0 Å². The fourth-order valence-corrected chi connectivity index (χ4v) is 1.70. The second kappa shape index (κ2) is 4.03. The molecule has 0 unspecified atom stereocenters. The number of hydrogen-bond acceptors (Lipinski definition) is 1. The van der Waals surface area contributed by atoms with Crippen molar-refractivity contribution in [1.82, 2.24) is 0 Å². The summed E-state index contributed by atoms with van der Waals surface area (Å²) < 4.78 is 1.13. The Hall–Kier alpha value is -0.340. The van der Waals surface area contributed by atoms with E-state index in [0.29, 0.717) is 0 Å². The van der Waals surface area contributed by atoms with Crippen LogP contribution in [0.25, 0.3) is 0 Å². The van der Waals surface area contributed by atoms with Gasteiger partial charge in [0, 0.05) is 10.5 Å². The zero-order valence-corrected chi connectivity index (χ0v) is 10.9. The summed E-state index contributed by atoms with van der Waals surface area (Å²) in [6, 6.07) is 6.41. The van der Waals surface area contributed by atoms with Crippen molar-refractivity contribution < 1.29 is 0 Å². The Morgan fingerprint density at radius 1 is 1.29 bits per heavy atom. The Morgan fingerprint density at radius 2 is 1.86 bits per heavy atom. The quantitative estimate of drug-likeness (QED) is 0.812. The third-order valence-electron chi connectivity index (χ3n) is 2.49. The SMILES string of the molecule is Cc1ccc([C@@H](N)C(C)(C)C)cc1Br. The summed E-state index contributed by atoms with van der Waals surface area (Å²) in [5, 5.41) is 0. The van der Waals surface area contributed by atoms with E-state index in [0.717, 1.165) is 4.47 Å². The van der Waals surface area contributed by atoms with Gasteiger partial charge in [0.05, 0.1) is 0 Å². The molecule has 1 atom stereocenters. The van der Waals surface area contributed by atoms with Crippen LogP contribution in [0.2, 0.25) is 0 Å². The number of nitrogens with two attached hydrogens (primary N) is 1. The van der Waals surface area contributed by atoms with Crippen LogP contribution in [0.15, 0.2) is 22.7 Å². The van der Waals surface area contributed by atoms with E-state index in [9.17, 15) is 0 Å². The lowest BCUT2D eigenvalue weighted by Crippen LogP contribution is -2.26. The molecule has 1 rings (SSSR count). The minimum atomic E-state index is 0.0828. The Kier molecular flexibility index (Phi) is 3.38. The first-order valence-electron chi connectivity index (χ1n) is 4.84. The van der Waals surface area contributed by atoms with Crippen LogP contribution < -0.4 is 5.73 Å². The molecular formula is C12H18BrN. The van der Waals surface area contributed by atoms with Crippen LogP contribution in [0.5, 0.6) is 0 Å². The van der Waals surface area contributed by atoms with Crippen LogP contribution in [-0.2, 0) is 0 Å². The van der Waals surface area contributed by atoms with Crippen LogP contribution in [0.4, 0.5) is 0 Å². The fourth-order valence-electron chi connectivity index (χ4n) is 1.30. The van der Waals surface area contributed by atoms with E-state index in [2.05, 4.69) is 61.8 Å². The molecule has 2 heteroatoms. The van der Waals surface area contributed by atoms with Crippen LogP contribution in [0, 0.1) is 12.3 Å². The molecule has 0 radical (unpaired) electrons. The van der Waals surface area contributed by atoms with Crippen LogP contribution in [0.1, 0.15) is 37.9 Å². The first-order valence-corrected chi connectivity index (χ1v) is 5.63. The standard InChI is InChI=1S/C12H18BrN/c1-8-5-6-9(7-10(8)13)11(14)12(2,3)4/h5-7,11H,14H2,1-4H3/t11-/m1/s1. The fraction of sp³-hybridized carbons (Fsp3) is 0.500. The van der Waals surface area contributed by atoms with Gasteiger partial charge in [-0.05, 0) is 29.5 Å². The van der Waals surface area contributed by atoms with E-state index >= 15 is 0 Å². The normalized spacial score (nSPS) is 14.1. The summed E-state index contributed by atoms with van der Waals surface area (Å²) in [5.41, 5.74) is 8.71. The van der Waals surface area contributed by atoms with Crippen molar-refractivity contribution in [2.24, 2.45) is 11.1 Å². The van der Waals surface area contributed by atoms with Crippen molar-refractivity contribution >= 4 is 15.9 Å². The average Bonchev–Trinajstić information content (AvgIpc) is 2.07. The van der Waals surface area contributed by atoms with Crippen LogP contribution >= 0.6 is 15.9 Å². The Bertz CT molecular complexity index is 326. The first kappa shape index (κ1) is 11.7. The minimum Gasteiger partial charge on any atom is -0.324 e. The molecule has 0 aliphatic rings. The molecule has 0 spiro atoms. The summed E-state index contributed by atoms with van der Waals surface area (Å²) >= 11 is 3.53. The molecule has 2 N–H and O–H groups in total. The second-order valence-electron chi connectivity index (χ2n) is 4.85. The Balaban J connectivity index is 3.03. The molecule has 0 bridgehead atoms. The zero-order chi connectivity index (χ0) is 10.9. The van der Waals surface area contributed by atoms with Crippen molar-refractivity contribution in [3.8, 4) is 0 Å². The highest BCUT2D eigenvalue weighted by Gasteiger charge is 2.22. The third-order valence-corrected chi connectivity index (χ3v) is 3.34. The molecule has 0 saturated heterocycles. The van der Waals surface area contributed by atoms with Gasteiger partial charge in [-0.1, -0.05) is 48.8 Å². The van der Waals surface area contributed by atoms with Crippen molar-refractivity contribution in [2.45, 2.75) is 33.7 Å². The molecule has 0 amide bonds. The number of halogens is 1. The maximum absolute atomic E-state index is 6.17. The van der Waals surface area contributed by atoms with Gasteiger partial charge in [0.15, 0.2) is 0 Å². The molecule has 0 aliphatic carbocycles. The molecule has 1 aromatic carbocycles. The molecule has 0 aromatic heterocycles. The molecular weight excluding hydrogens is 238 g/mol. The zero-order valence-electron chi connectivity index (χ0n) is 9.26. The van der Waals surface area contributed by atoms with Gasteiger partial charge in [-0.3, -0.25) is 0 Å². The van der Waals surface area contributed by atoms with Gasteiger partial charge in [-0.2, -0.15) is 0 Å². The number of benzene rings is 1. The summed E-state index contributed by atoms with van der Waals surface area (Å²) in [6.07, 6.45) is 0. The van der Waals surface area contributed by atoms with Gasteiger partial charge in [-0.25, -0.2) is 0 Å². The van der Waals surface area contributed by atoms with Crippen molar-refractivity contribution in [2.75, 3.05) is 0 Å². The topological polar surface area (TPSA) is 26.0 Å². The molecule has 1 aromatic rings. The summed E-state index contributed by atoms with van der Waals surface area (Å²) in [6.45, 7) is 8.55. The summed E-state index contributed by atoms with van der Waals surface area (Å²) in [4.78, 5) is 0. The van der Waals surface area contributed by atoms with Gasteiger partial charge in [0.25, 0.3) is 0 Å². The van der Waals surface area contributed by atoms with Crippen molar-refractivity contribution in [3.63, 3.8) is 0 Å². The highest BCUT2D eigenvalue weighted by molar-refractivity contribution is 9.10. The lowest BCUT2D eigenvalue weighted by Gasteiger charge is -2.27. The van der Waals surface area contributed by atoms with E-state index in [1.807, 2.05) is 0 Å². The molecule has 1 nitrogen and oxygen atoms in total. The Morgan fingerprint density at radius 3 is 2.29 bits per heavy atom. The molecule has 0 aliphatic heterocycles. The lowest BCUT2D eigenvalue weighted by atomic mass is 9.83. The largest absolute Gasteiger partial charge is 0.324 e. The highest BCUT2D eigenvalue weighted by Crippen LogP contribution is 2.32. The molecule has 0 fully saturated rings. The van der Waals surface area contributed by atoms with E-state index < -0.39 is 0 Å². The molecule has 78 valence electrons. The lowest BCUT2D eigenvalue weighted by molar-refractivity contribution is 0.327. The predicted molar refractivity (Wildman–Crippen MR) is 65.3 cm³/mol. The smallest absolute Gasteiger partial charge is 0.0344 e. The monoisotopic (exact) mass is 255 g/mol. The van der Waals surface area contributed by atoms with Gasteiger partial charge in [-0.15, -0.1) is 0 Å². The van der Waals surface area contributed by atoms with Crippen molar-refractivity contribution in [3.05, 3.63) is 33.8 Å². The minimum absolute atomic E-state index is 0.0828. The van der Waals surface area contributed by atoms with Crippen LogP contribution in [-0.4, -0.2) is 0 Å². The van der Waals surface area contributed by atoms with E-state index in [4.69, 9.17) is 5.73 Å². The van der Waals surface area contributed by atoms with Crippen LogP contribution in [0.3, 0.4) is 0 Å². The van der Waals surface area contributed by atoms with Gasteiger partial charge < -0.3 is 5.73 Å². The van der Waals surface area contributed by atoms with Gasteiger partial charge in [0.2, 0.25) is 0 Å². The number of rotatable bonds is 1. The van der Waals surface area contributed by atoms with Gasteiger partial charge in [0.1, 0.15) is 0 Å². The number of hydrogen-bond donors (Lipinski definition) is 1. The second-order valence-corrected chi connectivity index (χ2v) is 5.71. The molecule has 0 heterocycles. The maximum Gasteiger partial charge on any atom is 0.0344 e. The first-order chi connectivity index (χ1) is 6.32. The highest BCUT2D eigenvalue weighted by atomic mass is 79.9. The third kappa shape index (κ3) is 2.58. The van der Waals surface area contributed by atoms with Gasteiger partial charge >= 0.3 is 0 Å².